The average Bonchev–Trinajstić information content (AvgIpc) is 3.09. The minimum Gasteiger partial charge on any atom is -0.484 e. The topological polar surface area (TPSA) is 122 Å². The fraction of sp³-hybridized carbons (Fsp3) is 0.111. The monoisotopic (exact) mass is 383 g/mol. The van der Waals surface area contributed by atoms with Gasteiger partial charge in [-0.1, -0.05) is 23.9 Å². The number of benzene rings is 2. The summed E-state index contributed by atoms with van der Waals surface area (Å²) in [6, 6.07) is 14.5. The van der Waals surface area contributed by atoms with Crippen LogP contribution in [0.4, 0.5) is 0 Å². The molecular weight excluding hydrogens is 366 g/mol. The Morgan fingerprint density at radius 3 is 2.74 bits per heavy atom. The third kappa shape index (κ3) is 5.58. The van der Waals surface area contributed by atoms with Crippen LogP contribution < -0.4 is 15.9 Å². The lowest BCUT2D eigenvalue weighted by Crippen LogP contribution is -2.20. The Bertz CT molecular complexity index is 936. The van der Waals surface area contributed by atoms with Gasteiger partial charge in [0.1, 0.15) is 5.75 Å². The summed E-state index contributed by atoms with van der Waals surface area (Å²) in [7, 11) is 0. The first-order chi connectivity index (χ1) is 13.1. The van der Waals surface area contributed by atoms with Crippen molar-refractivity contribution in [3.63, 3.8) is 0 Å². The maximum Gasteiger partial charge on any atom is 0.255 e. The van der Waals surface area contributed by atoms with E-state index in [1.54, 1.807) is 24.3 Å². The second-order valence-corrected chi connectivity index (χ2v) is 6.43. The van der Waals surface area contributed by atoms with Gasteiger partial charge in [0.2, 0.25) is 0 Å². The Hall–Kier alpha value is -3.33. The second kappa shape index (κ2) is 8.86. The van der Waals surface area contributed by atoms with Crippen molar-refractivity contribution < 1.29 is 14.3 Å². The van der Waals surface area contributed by atoms with Crippen LogP contribution in [0.3, 0.4) is 0 Å². The normalized spacial score (nSPS) is 11.0. The van der Waals surface area contributed by atoms with Gasteiger partial charge in [-0.3, -0.25) is 9.59 Å². The summed E-state index contributed by atoms with van der Waals surface area (Å²) in [5.74, 6) is -0.0592. The molecule has 0 fully saturated rings. The Morgan fingerprint density at radius 1 is 1.22 bits per heavy atom. The molecule has 1 heterocycles. The van der Waals surface area contributed by atoms with Crippen LogP contribution in [-0.4, -0.2) is 40.4 Å². The number of rotatable bonds is 8. The van der Waals surface area contributed by atoms with Crippen molar-refractivity contribution in [3.05, 3.63) is 54.1 Å². The van der Waals surface area contributed by atoms with Gasteiger partial charge in [0.25, 0.3) is 11.8 Å². The molecule has 2 amide bonds. The van der Waals surface area contributed by atoms with Gasteiger partial charge in [-0.2, -0.15) is 5.10 Å². The minimum absolute atomic E-state index is 0.174. The molecule has 9 heteroatoms. The van der Waals surface area contributed by atoms with Crippen LogP contribution in [0.15, 0.2) is 58.8 Å². The van der Waals surface area contributed by atoms with Crippen molar-refractivity contribution in [2.75, 3.05) is 12.4 Å². The van der Waals surface area contributed by atoms with Gasteiger partial charge in [-0.15, -0.1) is 0 Å². The van der Waals surface area contributed by atoms with Crippen LogP contribution in [0.2, 0.25) is 0 Å². The summed E-state index contributed by atoms with van der Waals surface area (Å²) < 4.78 is 5.16. The molecule has 4 N–H and O–H groups in total. The lowest BCUT2D eigenvalue weighted by atomic mass is 10.2. The van der Waals surface area contributed by atoms with E-state index in [4.69, 9.17) is 10.5 Å². The summed E-state index contributed by atoms with van der Waals surface area (Å²) in [5, 5.41) is 4.60. The molecule has 2 aromatic carbocycles. The van der Waals surface area contributed by atoms with Gasteiger partial charge in [0.05, 0.1) is 23.0 Å². The molecule has 1 aromatic heterocycles. The number of primary amides is 1. The number of ether oxygens (including phenoxy) is 1. The molecule has 138 valence electrons. The van der Waals surface area contributed by atoms with Crippen molar-refractivity contribution in [2.24, 2.45) is 10.8 Å². The van der Waals surface area contributed by atoms with E-state index in [0.717, 1.165) is 16.6 Å². The second-order valence-electron chi connectivity index (χ2n) is 5.46. The first-order valence-corrected chi connectivity index (χ1v) is 8.99. The number of carbonyl (C=O) groups is 2. The van der Waals surface area contributed by atoms with Gasteiger partial charge in [-0.05, 0) is 42.0 Å². The summed E-state index contributed by atoms with van der Waals surface area (Å²) in [6.45, 7) is -0.174. The third-order valence-corrected chi connectivity index (χ3v) is 4.25. The maximum atomic E-state index is 11.9. The van der Waals surface area contributed by atoms with Gasteiger partial charge in [0.15, 0.2) is 11.8 Å². The highest BCUT2D eigenvalue weighted by atomic mass is 32.2. The number of thioether (sulfide) groups is 1. The van der Waals surface area contributed by atoms with Crippen molar-refractivity contribution in [1.29, 1.82) is 0 Å². The molecule has 0 bridgehead atoms. The zero-order valence-electron chi connectivity index (χ0n) is 14.2. The zero-order chi connectivity index (χ0) is 19.1. The van der Waals surface area contributed by atoms with Crippen LogP contribution in [0, 0.1) is 0 Å². The molecule has 3 aromatic rings. The predicted molar refractivity (Wildman–Crippen MR) is 104 cm³/mol. The molecule has 0 atom stereocenters. The lowest BCUT2D eigenvalue weighted by Gasteiger charge is -2.03. The van der Waals surface area contributed by atoms with Gasteiger partial charge >= 0.3 is 0 Å². The number of aromatic nitrogens is 2. The summed E-state index contributed by atoms with van der Waals surface area (Å²) >= 11 is 1.30. The lowest BCUT2D eigenvalue weighted by molar-refractivity contribution is -0.120. The fourth-order valence-electron chi connectivity index (χ4n) is 2.15. The molecule has 27 heavy (non-hydrogen) atoms. The number of nitrogens with two attached hydrogens (primary N) is 1. The van der Waals surface area contributed by atoms with E-state index in [2.05, 4.69) is 20.5 Å². The number of hydrogen-bond donors (Lipinski definition) is 3. The predicted octanol–water partition coefficient (Wildman–Crippen LogP) is 1.67. The van der Waals surface area contributed by atoms with Crippen LogP contribution >= 0.6 is 11.8 Å². The van der Waals surface area contributed by atoms with E-state index in [1.807, 2.05) is 24.3 Å². The zero-order valence-corrected chi connectivity index (χ0v) is 15.0. The number of aromatic amines is 1. The van der Waals surface area contributed by atoms with Gasteiger partial charge in [-0.25, -0.2) is 10.4 Å². The summed E-state index contributed by atoms with van der Waals surface area (Å²) in [4.78, 5) is 30.1. The van der Waals surface area contributed by atoms with Gasteiger partial charge < -0.3 is 15.5 Å². The van der Waals surface area contributed by atoms with Crippen LogP contribution in [0.25, 0.3) is 11.0 Å². The SMILES string of the molecule is NC(=O)COc1ccc(/C=N\NC(=O)CSc2nc3ccccc3[nH]2)cc1. The van der Waals surface area contributed by atoms with Crippen LogP contribution in [0.1, 0.15) is 5.56 Å². The molecule has 3 rings (SSSR count). The van der Waals surface area contributed by atoms with E-state index < -0.39 is 5.91 Å². The Morgan fingerprint density at radius 2 is 2.00 bits per heavy atom. The molecule has 0 aliphatic carbocycles. The standard InChI is InChI=1S/C18H17N5O3S/c19-16(24)10-26-13-7-5-12(6-8-13)9-20-23-17(25)11-27-18-21-14-3-1-2-4-15(14)22-18/h1-9H,10-11H2,(H2,19,24)(H,21,22)(H,23,25)/b20-9-. The number of fused-ring (bicyclic) bond motifs is 1. The Kier molecular flexibility index (Phi) is 6.06. The highest BCUT2D eigenvalue weighted by molar-refractivity contribution is 7.99. The number of nitrogens with one attached hydrogen (secondary N) is 2. The molecule has 0 spiro atoms. The van der Waals surface area contributed by atoms with Crippen molar-refractivity contribution in [1.82, 2.24) is 15.4 Å². The third-order valence-electron chi connectivity index (χ3n) is 3.37. The van der Waals surface area contributed by atoms with E-state index >= 15 is 0 Å². The molecule has 0 aliphatic rings. The molecule has 0 saturated carbocycles. The summed E-state index contributed by atoms with van der Waals surface area (Å²) in [6.07, 6.45) is 1.52. The number of nitrogens with zero attached hydrogens (tertiary/aromatic N) is 2. The quantitative estimate of drug-likeness (QED) is 0.310. The molecule has 0 saturated heterocycles. The average molecular weight is 383 g/mol. The first kappa shape index (κ1) is 18.5. The first-order valence-electron chi connectivity index (χ1n) is 8.01. The van der Waals surface area contributed by atoms with Crippen molar-refractivity contribution in [3.8, 4) is 5.75 Å². The molecule has 0 unspecified atom stereocenters. The van der Waals surface area contributed by atoms with E-state index in [1.165, 1.54) is 18.0 Å². The van der Waals surface area contributed by atoms with Crippen LogP contribution in [-0.2, 0) is 9.59 Å². The molecular formula is C18H17N5O3S. The van der Waals surface area contributed by atoms with E-state index in [9.17, 15) is 9.59 Å². The fourth-order valence-corrected chi connectivity index (χ4v) is 2.82. The number of H-pyrrole nitrogens is 1. The highest BCUT2D eigenvalue weighted by Gasteiger charge is 2.06. The number of imidazole rings is 1. The van der Waals surface area contributed by atoms with Crippen molar-refractivity contribution >= 4 is 40.8 Å². The van der Waals surface area contributed by atoms with Crippen LogP contribution in [0.5, 0.6) is 5.75 Å². The minimum atomic E-state index is -0.538. The van der Waals surface area contributed by atoms with Gasteiger partial charge in [0, 0.05) is 0 Å². The van der Waals surface area contributed by atoms with E-state index in [-0.39, 0.29) is 18.3 Å². The smallest absolute Gasteiger partial charge is 0.255 e. The number of hydrogen-bond acceptors (Lipinski definition) is 6. The largest absolute Gasteiger partial charge is 0.484 e. The van der Waals surface area contributed by atoms with Crippen molar-refractivity contribution in [2.45, 2.75) is 5.16 Å². The highest BCUT2D eigenvalue weighted by Crippen LogP contribution is 2.18. The molecule has 0 radical (unpaired) electrons. The number of carbonyl (C=O) groups excluding carboxylic acids is 2. The Labute approximate surface area is 159 Å². The maximum absolute atomic E-state index is 11.9. The molecule has 8 nitrogen and oxygen atoms in total. The number of hydrazone groups is 1. The Balaban J connectivity index is 1.44. The summed E-state index contributed by atoms with van der Waals surface area (Å²) in [5.41, 5.74) is 10.0. The number of amides is 2. The molecule has 0 aliphatic heterocycles. The van der Waals surface area contributed by atoms with E-state index in [0.29, 0.717) is 10.9 Å². The number of para-hydroxylation sites is 2.